The molecule has 0 saturated carbocycles. The molecule has 1 amide bonds. The molecule has 6 rings (SSSR count). The van der Waals surface area contributed by atoms with Crippen molar-refractivity contribution in [3.05, 3.63) is 66.4 Å². The summed E-state index contributed by atoms with van der Waals surface area (Å²) in [4.78, 5) is 15.3. The number of nitrogens with two attached hydrogens (primary N) is 1. The Morgan fingerprint density at radius 3 is 2.81 bits per heavy atom. The molecule has 3 aliphatic heterocycles. The van der Waals surface area contributed by atoms with Crippen LogP contribution in [0.25, 0.3) is 11.3 Å². The lowest BCUT2D eigenvalue weighted by Gasteiger charge is -2.49. The van der Waals surface area contributed by atoms with E-state index in [-0.39, 0.29) is 11.8 Å². The maximum Gasteiger partial charge on any atom is 0.224 e. The van der Waals surface area contributed by atoms with Gasteiger partial charge in [0.05, 0.1) is 18.7 Å². The zero-order valence-corrected chi connectivity index (χ0v) is 17.5. The van der Waals surface area contributed by atoms with E-state index in [1.165, 1.54) is 0 Å². The monoisotopic (exact) mass is 416 g/mol. The van der Waals surface area contributed by atoms with Crippen molar-refractivity contribution < 1.29 is 4.79 Å². The van der Waals surface area contributed by atoms with E-state index in [1.807, 2.05) is 65.5 Å². The lowest BCUT2D eigenvalue weighted by molar-refractivity contribution is -0.133. The number of hydrogen-bond donors (Lipinski definition) is 2. The number of nitrogen functional groups attached to an aromatic ring is 1. The lowest BCUT2D eigenvalue weighted by Crippen LogP contribution is -2.57. The molecule has 3 fully saturated rings. The fraction of sp³-hybridized carbons (Fsp3) is 0.375. The minimum atomic E-state index is 0.0762. The van der Waals surface area contributed by atoms with Gasteiger partial charge in [-0.1, -0.05) is 47.7 Å². The molecule has 31 heavy (non-hydrogen) atoms. The van der Waals surface area contributed by atoms with Gasteiger partial charge in [0.25, 0.3) is 0 Å². The Balaban J connectivity index is 1.19. The van der Waals surface area contributed by atoms with Gasteiger partial charge in [-0.15, -0.1) is 5.10 Å². The van der Waals surface area contributed by atoms with Crippen LogP contribution in [0.4, 0.5) is 5.69 Å². The summed E-state index contributed by atoms with van der Waals surface area (Å²) in [6.45, 7) is 3.27. The topological polar surface area (TPSA) is 89.1 Å². The van der Waals surface area contributed by atoms with E-state index in [9.17, 15) is 4.79 Å². The number of nitrogens with one attached hydrogen (secondary N) is 1. The van der Waals surface area contributed by atoms with E-state index in [0.29, 0.717) is 18.5 Å². The number of anilines is 1. The van der Waals surface area contributed by atoms with Crippen molar-refractivity contribution in [2.24, 2.45) is 11.8 Å². The number of hydrogen-bond acceptors (Lipinski definition) is 5. The van der Waals surface area contributed by atoms with E-state index in [1.54, 1.807) is 0 Å². The molecular weight excluding hydrogens is 388 g/mol. The van der Waals surface area contributed by atoms with E-state index in [2.05, 4.69) is 20.5 Å². The van der Waals surface area contributed by atoms with Crippen LogP contribution in [0.1, 0.15) is 18.4 Å². The number of aromatic nitrogens is 3. The van der Waals surface area contributed by atoms with E-state index in [0.717, 1.165) is 55.0 Å². The second-order valence-electron chi connectivity index (χ2n) is 8.69. The minimum absolute atomic E-state index is 0.0762. The van der Waals surface area contributed by atoms with Gasteiger partial charge >= 0.3 is 0 Å². The second-order valence-corrected chi connectivity index (χ2v) is 8.69. The van der Waals surface area contributed by atoms with Crippen molar-refractivity contribution in [3.63, 3.8) is 0 Å². The third-order valence-corrected chi connectivity index (χ3v) is 6.64. The molecule has 1 aromatic heterocycles. The van der Waals surface area contributed by atoms with Gasteiger partial charge in [0.15, 0.2) is 0 Å². The number of nitrogens with zero attached hydrogens (tertiary/aromatic N) is 4. The maximum absolute atomic E-state index is 12.8. The average Bonchev–Trinajstić information content (AvgIpc) is 3.27. The van der Waals surface area contributed by atoms with Crippen LogP contribution in [0, 0.1) is 11.8 Å². The summed E-state index contributed by atoms with van der Waals surface area (Å²) in [5.74, 6) is 0.691. The fourth-order valence-electron chi connectivity index (χ4n) is 4.98. The Labute approximate surface area is 182 Å². The summed E-state index contributed by atoms with van der Waals surface area (Å²) in [7, 11) is 0. The zero-order valence-electron chi connectivity index (χ0n) is 17.5. The minimum Gasteiger partial charge on any atom is -0.399 e. The number of rotatable bonds is 6. The van der Waals surface area contributed by atoms with E-state index < -0.39 is 0 Å². The third kappa shape index (κ3) is 4.32. The van der Waals surface area contributed by atoms with Crippen LogP contribution >= 0.6 is 0 Å². The predicted octanol–water partition coefficient (Wildman–Crippen LogP) is 2.55. The zero-order chi connectivity index (χ0) is 21.2. The Hall–Kier alpha value is -3.19. The van der Waals surface area contributed by atoms with Gasteiger partial charge in [0.2, 0.25) is 5.91 Å². The van der Waals surface area contributed by atoms with Gasteiger partial charge in [-0.05, 0) is 43.0 Å². The molecule has 1 unspecified atom stereocenters. The number of carbonyl (C=O) groups excluding carboxylic acids is 1. The summed E-state index contributed by atoms with van der Waals surface area (Å²) < 4.78 is 1.92. The highest BCUT2D eigenvalue weighted by molar-refractivity contribution is 5.79. The molecule has 4 atom stereocenters. The molecule has 7 heteroatoms. The van der Waals surface area contributed by atoms with Crippen molar-refractivity contribution in [1.82, 2.24) is 25.2 Å². The third-order valence-electron chi connectivity index (χ3n) is 6.64. The molecular formula is C24H28N6O. The summed E-state index contributed by atoms with van der Waals surface area (Å²) in [6.07, 6.45) is 4.10. The van der Waals surface area contributed by atoms with Gasteiger partial charge in [0.1, 0.15) is 5.69 Å². The van der Waals surface area contributed by atoms with Gasteiger partial charge in [-0.25, -0.2) is 0 Å². The van der Waals surface area contributed by atoms with Crippen LogP contribution in [0.15, 0.2) is 60.8 Å². The molecule has 3 aliphatic rings. The van der Waals surface area contributed by atoms with Gasteiger partial charge in [0, 0.05) is 30.4 Å². The van der Waals surface area contributed by atoms with Crippen LogP contribution in [-0.4, -0.2) is 44.9 Å². The van der Waals surface area contributed by atoms with Crippen LogP contribution in [0.3, 0.4) is 0 Å². The molecule has 3 aromatic rings. The molecule has 3 saturated heterocycles. The Kier molecular flexibility index (Phi) is 5.42. The smallest absolute Gasteiger partial charge is 0.224 e. The fourth-order valence-corrected chi connectivity index (χ4v) is 4.98. The molecule has 3 N–H and O–H groups in total. The Morgan fingerprint density at radius 2 is 2.03 bits per heavy atom. The SMILES string of the molecule is Nc1cccc(-c2cn(C[C@H]3C[C@H]4CCN3C[C@@H]4C(=O)NCc3ccccc3)nn2)c1. The second kappa shape index (κ2) is 8.51. The van der Waals surface area contributed by atoms with Crippen molar-refractivity contribution in [3.8, 4) is 11.3 Å². The standard InChI is InChI=1S/C24H28N6O/c25-20-8-4-7-19(11-20)23-16-30(28-27-23)14-21-12-18-9-10-29(21)15-22(18)24(31)26-13-17-5-2-1-3-6-17/h1-8,11,16,18,21-22H,9-10,12-15,25H2,(H,26,31)/t18-,21-,22+/m1/s1. The largest absolute Gasteiger partial charge is 0.399 e. The molecule has 7 nitrogen and oxygen atoms in total. The summed E-state index contributed by atoms with van der Waals surface area (Å²) in [6, 6.07) is 18.2. The first kappa shape index (κ1) is 19.8. The van der Waals surface area contributed by atoms with Gasteiger partial charge in [-0.2, -0.15) is 0 Å². The molecule has 0 radical (unpaired) electrons. The highest BCUT2D eigenvalue weighted by atomic mass is 16.1. The quantitative estimate of drug-likeness (QED) is 0.603. The number of piperidine rings is 3. The molecule has 0 aliphatic carbocycles. The predicted molar refractivity (Wildman–Crippen MR) is 120 cm³/mol. The first-order valence-electron chi connectivity index (χ1n) is 11.0. The summed E-state index contributed by atoms with van der Waals surface area (Å²) in [5.41, 5.74) is 9.56. The van der Waals surface area contributed by atoms with Gasteiger partial charge in [-0.3, -0.25) is 14.4 Å². The van der Waals surface area contributed by atoms with Crippen LogP contribution < -0.4 is 11.1 Å². The van der Waals surface area contributed by atoms with Crippen LogP contribution in [0.5, 0.6) is 0 Å². The summed E-state index contributed by atoms with van der Waals surface area (Å²) in [5, 5.41) is 11.8. The number of fused-ring (bicyclic) bond motifs is 3. The average molecular weight is 417 g/mol. The Morgan fingerprint density at radius 1 is 1.16 bits per heavy atom. The van der Waals surface area contributed by atoms with Crippen LogP contribution in [-0.2, 0) is 17.9 Å². The van der Waals surface area contributed by atoms with Crippen molar-refractivity contribution in [1.29, 1.82) is 0 Å². The number of benzene rings is 2. The van der Waals surface area contributed by atoms with E-state index >= 15 is 0 Å². The van der Waals surface area contributed by atoms with Crippen molar-refractivity contribution in [2.75, 3.05) is 18.8 Å². The number of amides is 1. The molecule has 4 heterocycles. The Bertz CT molecular complexity index is 1050. The molecule has 160 valence electrons. The molecule has 0 spiro atoms. The highest BCUT2D eigenvalue weighted by Gasteiger charge is 2.43. The van der Waals surface area contributed by atoms with E-state index in [4.69, 9.17) is 5.73 Å². The number of carbonyl (C=O) groups is 1. The maximum atomic E-state index is 12.8. The first-order chi connectivity index (χ1) is 15.2. The lowest BCUT2D eigenvalue weighted by atomic mass is 9.75. The summed E-state index contributed by atoms with van der Waals surface area (Å²) >= 11 is 0. The van der Waals surface area contributed by atoms with Crippen LogP contribution in [0.2, 0.25) is 0 Å². The first-order valence-corrected chi connectivity index (χ1v) is 11.0. The highest BCUT2D eigenvalue weighted by Crippen LogP contribution is 2.37. The van der Waals surface area contributed by atoms with Crippen molar-refractivity contribution in [2.45, 2.75) is 32.0 Å². The molecule has 2 bridgehead atoms. The van der Waals surface area contributed by atoms with Gasteiger partial charge < -0.3 is 11.1 Å². The van der Waals surface area contributed by atoms with Crippen molar-refractivity contribution >= 4 is 11.6 Å². The normalized spacial score (nSPS) is 24.8. The molecule has 2 aromatic carbocycles.